The molecule has 0 N–H and O–H groups in total. The minimum atomic E-state index is -0.584. The monoisotopic (exact) mass is 205 g/mol. The van der Waals surface area contributed by atoms with Crippen molar-refractivity contribution in [3.8, 4) is 0 Å². The molecule has 0 radical (unpaired) electrons. The summed E-state index contributed by atoms with van der Waals surface area (Å²) in [5.74, 6) is -0.474. The Morgan fingerprint density at radius 2 is 2.33 bits per heavy atom. The summed E-state index contributed by atoms with van der Waals surface area (Å²) in [6.45, 7) is 0. The van der Waals surface area contributed by atoms with Gasteiger partial charge in [0.15, 0.2) is 5.76 Å². The van der Waals surface area contributed by atoms with Crippen molar-refractivity contribution in [3.63, 3.8) is 0 Å². The van der Waals surface area contributed by atoms with Crippen LogP contribution in [-0.2, 0) is 6.42 Å². The molecule has 2 rings (SSSR count). The van der Waals surface area contributed by atoms with Crippen LogP contribution in [0, 0.1) is 5.95 Å². The number of halogens is 1. The second kappa shape index (κ2) is 4.04. The van der Waals surface area contributed by atoms with E-state index in [2.05, 4.69) is 4.98 Å². The van der Waals surface area contributed by atoms with Crippen LogP contribution in [0.3, 0.4) is 0 Å². The van der Waals surface area contributed by atoms with E-state index in [1.165, 1.54) is 18.5 Å². The van der Waals surface area contributed by atoms with Gasteiger partial charge < -0.3 is 4.42 Å². The van der Waals surface area contributed by atoms with Crippen LogP contribution in [0.15, 0.2) is 41.1 Å². The fourth-order valence-corrected chi connectivity index (χ4v) is 1.26. The Morgan fingerprint density at radius 3 is 3.00 bits per heavy atom. The van der Waals surface area contributed by atoms with Gasteiger partial charge in [0.05, 0.1) is 6.26 Å². The number of nitrogens with zero attached hydrogens (tertiary/aromatic N) is 1. The molecule has 2 aromatic rings. The van der Waals surface area contributed by atoms with Crippen molar-refractivity contribution in [3.05, 3.63) is 54.0 Å². The highest BCUT2D eigenvalue weighted by Gasteiger charge is 2.09. The number of aromatic nitrogens is 1. The zero-order valence-corrected chi connectivity index (χ0v) is 7.81. The predicted molar refractivity (Wildman–Crippen MR) is 50.9 cm³/mol. The van der Waals surface area contributed by atoms with Gasteiger partial charge in [0.1, 0.15) is 0 Å². The van der Waals surface area contributed by atoms with E-state index in [0.717, 1.165) is 0 Å². The highest BCUT2D eigenvalue weighted by molar-refractivity contribution is 5.94. The van der Waals surface area contributed by atoms with Gasteiger partial charge in [-0.3, -0.25) is 4.79 Å². The van der Waals surface area contributed by atoms with E-state index in [0.29, 0.717) is 5.56 Å². The van der Waals surface area contributed by atoms with Crippen molar-refractivity contribution in [1.29, 1.82) is 0 Å². The Balaban J connectivity index is 2.13. The normalized spacial score (nSPS) is 10.2. The second-order valence-electron chi connectivity index (χ2n) is 3.06. The first kappa shape index (κ1) is 9.58. The molecular formula is C11H8FNO2. The van der Waals surface area contributed by atoms with Crippen molar-refractivity contribution < 1.29 is 13.6 Å². The third kappa shape index (κ3) is 2.28. The standard InChI is InChI=1S/C11H8FNO2/c12-11-7-8(3-4-13-11)6-9(14)10-2-1-5-15-10/h1-5,7H,6H2. The van der Waals surface area contributed by atoms with Crippen LogP contribution in [0.25, 0.3) is 0 Å². The lowest BCUT2D eigenvalue weighted by atomic mass is 10.1. The molecule has 0 saturated carbocycles. The number of hydrogen-bond acceptors (Lipinski definition) is 3. The van der Waals surface area contributed by atoms with Gasteiger partial charge in [0.25, 0.3) is 0 Å². The molecule has 2 aromatic heterocycles. The van der Waals surface area contributed by atoms with Gasteiger partial charge >= 0.3 is 0 Å². The van der Waals surface area contributed by atoms with E-state index >= 15 is 0 Å². The van der Waals surface area contributed by atoms with Crippen molar-refractivity contribution >= 4 is 5.78 Å². The number of furan rings is 1. The van der Waals surface area contributed by atoms with Gasteiger partial charge in [-0.25, -0.2) is 4.98 Å². The van der Waals surface area contributed by atoms with Crippen LogP contribution < -0.4 is 0 Å². The largest absolute Gasteiger partial charge is 0.461 e. The van der Waals surface area contributed by atoms with E-state index in [1.54, 1.807) is 18.2 Å². The summed E-state index contributed by atoms with van der Waals surface area (Å²) < 4.78 is 17.7. The molecule has 0 aromatic carbocycles. The Hall–Kier alpha value is -1.97. The molecule has 0 atom stereocenters. The average Bonchev–Trinajstić information content (AvgIpc) is 2.70. The minimum Gasteiger partial charge on any atom is -0.461 e. The average molecular weight is 205 g/mol. The van der Waals surface area contributed by atoms with E-state index in [-0.39, 0.29) is 18.0 Å². The van der Waals surface area contributed by atoms with Gasteiger partial charge in [0.2, 0.25) is 11.7 Å². The molecule has 0 amide bonds. The Bertz CT molecular complexity index is 465. The maximum Gasteiger partial charge on any atom is 0.213 e. The molecule has 0 aliphatic heterocycles. The maximum atomic E-state index is 12.7. The third-order valence-electron chi connectivity index (χ3n) is 1.95. The zero-order chi connectivity index (χ0) is 10.7. The topological polar surface area (TPSA) is 43.1 Å². The molecule has 0 saturated heterocycles. The molecule has 0 aliphatic carbocycles. The smallest absolute Gasteiger partial charge is 0.213 e. The number of Topliss-reactive ketones (excluding diaryl/α,β-unsaturated/α-hetero) is 1. The summed E-state index contributed by atoms with van der Waals surface area (Å²) in [7, 11) is 0. The lowest BCUT2D eigenvalue weighted by molar-refractivity contribution is 0.0966. The van der Waals surface area contributed by atoms with Crippen LogP contribution >= 0.6 is 0 Å². The lowest BCUT2D eigenvalue weighted by Gasteiger charge is -1.97. The number of pyridine rings is 1. The number of rotatable bonds is 3. The summed E-state index contributed by atoms with van der Waals surface area (Å²) >= 11 is 0. The van der Waals surface area contributed by atoms with Gasteiger partial charge in [-0.2, -0.15) is 4.39 Å². The molecule has 4 heteroatoms. The summed E-state index contributed by atoms with van der Waals surface area (Å²) in [6, 6.07) is 6.06. The van der Waals surface area contributed by atoms with Crippen LogP contribution in [0.4, 0.5) is 4.39 Å². The van der Waals surface area contributed by atoms with Crippen molar-refractivity contribution in [1.82, 2.24) is 4.98 Å². The van der Waals surface area contributed by atoms with E-state index in [9.17, 15) is 9.18 Å². The molecule has 0 bridgehead atoms. The first-order chi connectivity index (χ1) is 7.25. The molecule has 15 heavy (non-hydrogen) atoms. The van der Waals surface area contributed by atoms with Gasteiger partial charge in [-0.15, -0.1) is 0 Å². The number of carbonyl (C=O) groups excluding carboxylic acids is 1. The minimum absolute atomic E-state index is 0.118. The highest BCUT2D eigenvalue weighted by Crippen LogP contribution is 2.08. The molecule has 3 nitrogen and oxygen atoms in total. The molecule has 0 fully saturated rings. The molecular weight excluding hydrogens is 197 g/mol. The van der Waals surface area contributed by atoms with Crippen LogP contribution in [-0.4, -0.2) is 10.8 Å². The lowest BCUT2D eigenvalue weighted by Crippen LogP contribution is -2.02. The van der Waals surface area contributed by atoms with Gasteiger partial charge in [-0.1, -0.05) is 0 Å². The Labute approximate surface area is 85.6 Å². The Morgan fingerprint density at radius 1 is 1.47 bits per heavy atom. The number of ketones is 1. The maximum absolute atomic E-state index is 12.7. The predicted octanol–water partition coefficient (Wildman–Crippen LogP) is 2.24. The zero-order valence-electron chi connectivity index (χ0n) is 7.81. The molecule has 2 heterocycles. The van der Waals surface area contributed by atoms with Gasteiger partial charge in [0, 0.05) is 12.6 Å². The first-order valence-corrected chi connectivity index (χ1v) is 4.43. The summed E-state index contributed by atoms with van der Waals surface area (Å²) in [5.41, 5.74) is 0.587. The fraction of sp³-hybridized carbons (Fsp3) is 0.0909. The molecule has 0 unspecified atom stereocenters. The van der Waals surface area contributed by atoms with Crippen LogP contribution in [0.1, 0.15) is 16.1 Å². The van der Waals surface area contributed by atoms with E-state index in [4.69, 9.17) is 4.42 Å². The van der Waals surface area contributed by atoms with E-state index in [1.807, 2.05) is 0 Å². The van der Waals surface area contributed by atoms with Crippen LogP contribution in [0.2, 0.25) is 0 Å². The van der Waals surface area contributed by atoms with Crippen molar-refractivity contribution in [2.45, 2.75) is 6.42 Å². The quantitative estimate of drug-likeness (QED) is 0.570. The van der Waals surface area contributed by atoms with Crippen molar-refractivity contribution in [2.24, 2.45) is 0 Å². The summed E-state index contributed by atoms with van der Waals surface area (Å²) in [5, 5.41) is 0. The highest BCUT2D eigenvalue weighted by atomic mass is 19.1. The second-order valence-corrected chi connectivity index (χ2v) is 3.06. The summed E-state index contributed by atoms with van der Waals surface area (Å²) in [4.78, 5) is 15.0. The van der Waals surface area contributed by atoms with Gasteiger partial charge in [-0.05, 0) is 29.8 Å². The SMILES string of the molecule is O=C(Cc1ccnc(F)c1)c1ccco1. The first-order valence-electron chi connectivity index (χ1n) is 4.43. The summed E-state index contributed by atoms with van der Waals surface area (Å²) in [6.07, 6.45) is 2.88. The fourth-order valence-electron chi connectivity index (χ4n) is 1.26. The van der Waals surface area contributed by atoms with Crippen molar-refractivity contribution in [2.75, 3.05) is 0 Å². The van der Waals surface area contributed by atoms with Crippen LogP contribution in [0.5, 0.6) is 0 Å². The Kier molecular flexibility index (Phi) is 2.58. The van der Waals surface area contributed by atoms with E-state index < -0.39 is 5.95 Å². The number of carbonyl (C=O) groups is 1. The third-order valence-corrected chi connectivity index (χ3v) is 1.95. The molecule has 76 valence electrons. The molecule has 0 aliphatic rings. The number of hydrogen-bond donors (Lipinski definition) is 0. The molecule has 0 spiro atoms.